The van der Waals surface area contributed by atoms with Crippen LogP contribution in [0.2, 0.25) is 0 Å². The molecular weight excluding hydrogens is 626 g/mol. The minimum Gasteiger partial charge on any atom is -0.346 e. The second-order valence-corrected chi connectivity index (χ2v) is 15.0. The first kappa shape index (κ1) is 36.3. The minimum absolute atomic E-state index is 0.0108. The fourth-order valence-corrected chi connectivity index (χ4v) is 6.75. The van der Waals surface area contributed by atoms with Crippen LogP contribution in [0.3, 0.4) is 0 Å². The number of nitrogens with one attached hydrogen (secondary N) is 1. The molecule has 0 bridgehead atoms. The lowest BCUT2D eigenvalue weighted by Crippen LogP contribution is -2.45. The number of Topliss-reactive ketones (excluding diaryl/α,β-unsaturated/α-hetero) is 4. The lowest BCUT2D eigenvalue weighted by molar-refractivity contribution is -0.140. The predicted molar refractivity (Wildman–Crippen MR) is 186 cm³/mol. The van der Waals surface area contributed by atoms with Crippen molar-refractivity contribution in [1.29, 1.82) is 0 Å². The van der Waals surface area contributed by atoms with Gasteiger partial charge in [-0.15, -0.1) is 0 Å². The van der Waals surface area contributed by atoms with Gasteiger partial charge in [-0.2, -0.15) is 0 Å². The molecule has 3 aromatic rings. The van der Waals surface area contributed by atoms with E-state index in [1.165, 1.54) is 0 Å². The van der Waals surface area contributed by atoms with E-state index < -0.39 is 51.0 Å². The van der Waals surface area contributed by atoms with Crippen molar-refractivity contribution in [1.82, 2.24) is 5.32 Å². The highest BCUT2D eigenvalue weighted by Gasteiger charge is 2.33. The highest BCUT2D eigenvalue weighted by atomic mass is 32.2. The molecule has 0 aromatic heterocycles. The Morgan fingerprint density at radius 1 is 0.812 bits per heavy atom. The number of amides is 1. The summed E-state index contributed by atoms with van der Waals surface area (Å²) in [5.74, 6) is -4.67. The van der Waals surface area contributed by atoms with Gasteiger partial charge in [0.1, 0.15) is 9.84 Å². The standard InChI is InChI=1S/C39H43NO7S/c1-26(22-36(42)33-24-30-16-10-11-17-32(30)27(33)2)39(45)40-34(20-21-48(3,46)47)37(43)25-31(23-29-14-8-5-9-15-29)38(44)35(41)19-18-28-12-6-4-7-13-28/h4-17,26,31,34H,18-25H2,1-3H3,(H,40,45)/t26-,31-,34+/m1/s1. The van der Waals surface area contributed by atoms with Gasteiger partial charge in [-0.25, -0.2) is 8.42 Å². The van der Waals surface area contributed by atoms with E-state index in [9.17, 15) is 32.4 Å². The number of allylic oxidation sites excluding steroid dienone is 2. The minimum atomic E-state index is -3.50. The summed E-state index contributed by atoms with van der Waals surface area (Å²) in [6.07, 6.45) is 1.41. The van der Waals surface area contributed by atoms with Crippen LogP contribution < -0.4 is 5.32 Å². The van der Waals surface area contributed by atoms with Crippen LogP contribution in [0.25, 0.3) is 5.57 Å². The molecule has 9 heteroatoms. The van der Waals surface area contributed by atoms with Gasteiger partial charge in [-0.1, -0.05) is 91.9 Å². The van der Waals surface area contributed by atoms with Crippen LogP contribution in [-0.4, -0.2) is 55.5 Å². The normalized spacial score (nSPS) is 14.5. The molecule has 0 spiro atoms. The number of carbonyl (C=O) groups is 5. The smallest absolute Gasteiger partial charge is 0.223 e. The average molecular weight is 670 g/mol. The second-order valence-electron chi connectivity index (χ2n) is 12.8. The van der Waals surface area contributed by atoms with E-state index in [1.807, 2.05) is 67.6 Å². The van der Waals surface area contributed by atoms with Crippen LogP contribution in [0.5, 0.6) is 0 Å². The quantitative estimate of drug-likeness (QED) is 0.186. The molecule has 0 saturated carbocycles. The molecule has 3 atom stereocenters. The van der Waals surface area contributed by atoms with Crippen molar-refractivity contribution in [3.8, 4) is 0 Å². The third-order valence-electron chi connectivity index (χ3n) is 8.90. The Bertz CT molecular complexity index is 1800. The number of ketones is 4. The first-order valence-electron chi connectivity index (χ1n) is 16.3. The van der Waals surface area contributed by atoms with Crippen molar-refractivity contribution in [2.75, 3.05) is 12.0 Å². The summed E-state index contributed by atoms with van der Waals surface area (Å²) in [6, 6.07) is 24.9. The molecule has 1 aliphatic carbocycles. The summed E-state index contributed by atoms with van der Waals surface area (Å²) in [5, 5.41) is 2.68. The van der Waals surface area contributed by atoms with E-state index in [0.717, 1.165) is 34.1 Å². The summed E-state index contributed by atoms with van der Waals surface area (Å²) in [5.41, 5.74) is 5.29. The number of benzene rings is 3. The van der Waals surface area contributed by atoms with Crippen molar-refractivity contribution in [2.24, 2.45) is 11.8 Å². The summed E-state index contributed by atoms with van der Waals surface area (Å²) < 4.78 is 24.1. The highest BCUT2D eigenvalue weighted by molar-refractivity contribution is 7.90. The molecular formula is C39H43NO7S. The van der Waals surface area contributed by atoms with Crippen LogP contribution in [0.1, 0.15) is 61.8 Å². The molecule has 252 valence electrons. The number of sulfone groups is 1. The Morgan fingerprint density at radius 3 is 2.04 bits per heavy atom. The van der Waals surface area contributed by atoms with Crippen LogP contribution in [-0.2, 0) is 53.1 Å². The molecule has 0 fully saturated rings. The van der Waals surface area contributed by atoms with Gasteiger partial charge < -0.3 is 5.32 Å². The molecule has 1 N–H and O–H groups in total. The Labute approximate surface area is 282 Å². The average Bonchev–Trinajstić information content (AvgIpc) is 3.41. The molecule has 3 aromatic carbocycles. The summed E-state index contributed by atoms with van der Waals surface area (Å²) in [6.45, 7) is 3.49. The number of hydrogen-bond acceptors (Lipinski definition) is 7. The summed E-state index contributed by atoms with van der Waals surface area (Å²) in [4.78, 5) is 67.0. The van der Waals surface area contributed by atoms with Gasteiger partial charge in [-0.3, -0.25) is 24.0 Å². The molecule has 48 heavy (non-hydrogen) atoms. The van der Waals surface area contributed by atoms with E-state index in [0.29, 0.717) is 18.4 Å². The molecule has 1 aliphatic rings. The topological polar surface area (TPSA) is 132 Å². The lowest BCUT2D eigenvalue weighted by atomic mass is 9.85. The Kier molecular flexibility index (Phi) is 12.5. The third-order valence-corrected chi connectivity index (χ3v) is 9.88. The van der Waals surface area contributed by atoms with Crippen molar-refractivity contribution in [3.63, 3.8) is 0 Å². The van der Waals surface area contributed by atoms with E-state index in [1.54, 1.807) is 31.2 Å². The number of fused-ring (bicyclic) bond motifs is 1. The molecule has 0 unspecified atom stereocenters. The maximum absolute atomic E-state index is 13.8. The molecule has 0 radical (unpaired) electrons. The SMILES string of the molecule is CC1=C(C(=O)C[C@@H](C)C(=O)N[C@@H](CCS(C)(=O)=O)C(=O)C[C@@H](Cc2ccccc2)C(=O)C(=O)CCc2ccccc2)Cc2ccccc21. The zero-order valence-corrected chi connectivity index (χ0v) is 28.6. The van der Waals surface area contributed by atoms with Gasteiger partial charge in [0, 0.05) is 49.3 Å². The number of hydrogen-bond donors (Lipinski definition) is 1. The maximum atomic E-state index is 13.8. The molecule has 0 aliphatic heterocycles. The van der Waals surface area contributed by atoms with Crippen molar-refractivity contribution < 1.29 is 32.4 Å². The predicted octanol–water partition coefficient (Wildman–Crippen LogP) is 5.12. The zero-order chi connectivity index (χ0) is 34.8. The van der Waals surface area contributed by atoms with E-state index in [2.05, 4.69) is 5.32 Å². The summed E-state index contributed by atoms with van der Waals surface area (Å²) in [7, 11) is -3.50. The number of aryl methyl sites for hydroxylation is 1. The Morgan fingerprint density at radius 2 is 1.42 bits per heavy atom. The molecule has 0 saturated heterocycles. The van der Waals surface area contributed by atoms with E-state index in [4.69, 9.17) is 0 Å². The van der Waals surface area contributed by atoms with Crippen LogP contribution >= 0.6 is 0 Å². The zero-order valence-electron chi connectivity index (χ0n) is 27.7. The third kappa shape index (κ3) is 10.2. The van der Waals surface area contributed by atoms with Crippen molar-refractivity contribution >= 4 is 44.5 Å². The fourth-order valence-electron chi connectivity index (χ4n) is 6.08. The molecule has 4 rings (SSSR count). The summed E-state index contributed by atoms with van der Waals surface area (Å²) >= 11 is 0. The van der Waals surface area contributed by atoms with Gasteiger partial charge >= 0.3 is 0 Å². The largest absolute Gasteiger partial charge is 0.346 e. The monoisotopic (exact) mass is 669 g/mol. The lowest BCUT2D eigenvalue weighted by Gasteiger charge is -2.22. The van der Waals surface area contributed by atoms with Gasteiger partial charge in [-0.05, 0) is 54.0 Å². The highest BCUT2D eigenvalue weighted by Crippen LogP contribution is 2.33. The number of rotatable bonds is 18. The Hall–Kier alpha value is -4.50. The van der Waals surface area contributed by atoms with Gasteiger partial charge in [0.15, 0.2) is 17.3 Å². The van der Waals surface area contributed by atoms with Gasteiger partial charge in [0.25, 0.3) is 0 Å². The Balaban J connectivity index is 1.47. The van der Waals surface area contributed by atoms with Gasteiger partial charge in [0.05, 0.1) is 11.8 Å². The number of carbonyl (C=O) groups excluding carboxylic acids is 5. The molecule has 8 nitrogen and oxygen atoms in total. The van der Waals surface area contributed by atoms with Crippen LogP contribution in [0.15, 0.2) is 90.5 Å². The van der Waals surface area contributed by atoms with E-state index in [-0.39, 0.29) is 43.6 Å². The van der Waals surface area contributed by atoms with Crippen molar-refractivity contribution in [3.05, 3.63) is 113 Å². The fraction of sp³-hybridized carbons (Fsp3) is 0.359. The molecule has 0 heterocycles. The first-order valence-corrected chi connectivity index (χ1v) is 18.4. The van der Waals surface area contributed by atoms with Crippen molar-refractivity contribution in [2.45, 2.75) is 64.8 Å². The van der Waals surface area contributed by atoms with Crippen LogP contribution in [0.4, 0.5) is 0 Å². The van der Waals surface area contributed by atoms with Gasteiger partial charge in [0.2, 0.25) is 11.7 Å². The second kappa shape index (κ2) is 16.6. The molecule has 1 amide bonds. The maximum Gasteiger partial charge on any atom is 0.223 e. The first-order chi connectivity index (χ1) is 22.8. The van der Waals surface area contributed by atoms with Crippen LogP contribution in [0, 0.1) is 11.8 Å². The van der Waals surface area contributed by atoms with E-state index >= 15 is 0 Å².